The van der Waals surface area contributed by atoms with Crippen molar-refractivity contribution in [1.82, 2.24) is 10.2 Å². The van der Waals surface area contributed by atoms with E-state index in [-0.39, 0.29) is 42.7 Å². The lowest BCUT2D eigenvalue weighted by atomic mass is 10.0. The third kappa shape index (κ3) is 9.95. The molecule has 3 N–H and O–H groups in total. The van der Waals surface area contributed by atoms with Crippen molar-refractivity contribution in [2.75, 3.05) is 26.2 Å². The van der Waals surface area contributed by atoms with Crippen LogP contribution in [0, 0.1) is 5.92 Å². The van der Waals surface area contributed by atoms with Gasteiger partial charge < -0.3 is 16.0 Å². The molecular formula is C12H29Cl2N3O. The number of hydrogen-bond acceptors (Lipinski definition) is 3. The maximum Gasteiger partial charge on any atom is 0.224 e. The van der Waals surface area contributed by atoms with Crippen LogP contribution in [0.3, 0.4) is 0 Å². The highest BCUT2D eigenvalue weighted by atomic mass is 35.5. The van der Waals surface area contributed by atoms with Gasteiger partial charge in [-0.2, -0.15) is 0 Å². The van der Waals surface area contributed by atoms with E-state index in [0.29, 0.717) is 6.54 Å². The molecule has 0 heterocycles. The second-order valence-corrected chi connectivity index (χ2v) is 4.37. The van der Waals surface area contributed by atoms with Gasteiger partial charge in [0.2, 0.25) is 5.91 Å². The topological polar surface area (TPSA) is 58.4 Å². The SMILES string of the molecule is CCCN(CC)CCNC(=O)C(C)C(C)N.Cl.Cl. The summed E-state index contributed by atoms with van der Waals surface area (Å²) in [6.45, 7) is 11.8. The third-order valence-electron chi connectivity index (χ3n) is 2.92. The molecule has 4 nitrogen and oxygen atoms in total. The van der Waals surface area contributed by atoms with Crippen molar-refractivity contribution in [3.05, 3.63) is 0 Å². The van der Waals surface area contributed by atoms with E-state index >= 15 is 0 Å². The minimum Gasteiger partial charge on any atom is -0.355 e. The monoisotopic (exact) mass is 301 g/mol. The Kier molecular flexibility index (Phi) is 17.2. The molecule has 18 heavy (non-hydrogen) atoms. The first kappa shape index (κ1) is 23.1. The second kappa shape index (κ2) is 13.4. The van der Waals surface area contributed by atoms with Crippen molar-refractivity contribution >= 4 is 30.7 Å². The van der Waals surface area contributed by atoms with Crippen LogP contribution in [0.15, 0.2) is 0 Å². The Morgan fingerprint density at radius 1 is 1.22 bits per heavy atom. The van der Waals surface area contributed by atoms with Crippen LogP contribution >= 0.6 is 24.8 Å². The Morgan fingerprint density at radius 3 is 2.17 bits per heavy atom. The molecule has 0 saturated carbocycles. The van der Waals surface area contributed by atoms with Crippen molar-refractivity contribution in [3.63, 3.8) is 0 Å². The van der Waals surface area contributed by atoms with Crippen molar-refractivity contribution < 1.29 is 4.79 Å². The van der Waals surface area contributed by atoms with Gasteiger partial charge in [-0.3, -0.25) is 4.79 Å². The molecule has 0 bridgehead atoms. The predicted molar refractivity (Wildman–Crippen MR) is 82.7 cm³/mol. The lowest BCUT2D eigenvalue weighted by Crippen LogP contribution is -2.41. The summed E-state index contributed by atoms with van der Waals surface area (Å²) in [5.74, 6) is -0.0520. The van der Waals surface area contributed by atoms with Crippen molar-refractivity contribution in [2.45, 2.75) is 40.2 Å². The summed E-state index contributed by atoms with van der Waals surface area (Å²) >= 11 is 0. The zero-order valence-corrected chi connectivity index (χ0v) is 13.6. The van der Waals surface area contributed by atoms with Crippen molar-refractivity contribution in [3.8, 4) is 0 Å². The smallest absolute Gasteiger partial charge is 0.224 e. The van der Waals surface area contributed by atoms with E-state index in [1.54, 1.807) is 0 Å². The van der Waals surface area contributed by atoms with Gasteiger partial charge in [0.15, 0.2) is 0 Å². The van der Waals surface area contributed by atoms with Gasteiger partial charge in [-0.05, 0) is 26.4 Å². The zero-order valence-electron chi connectivity index (χ0n) is 11.9. The van der Waals surface area contributed by atoms with E-state index in [1.165, 1.54) is 0 Å². The average Bonchev–Trinajstić information content (AvgIpc) is 2.26. The van der Waals surface area contributed by atoms with Crippen LogP contribution in [0.2, 0.25) is 0 Å². The first-order valence-electron chi connectivity index (χ1n) is 6.28. The number of rotatable bonds is 8. The van der Waals surface area contributed by atoms with E-state index in [2.05, 4.69) is 24.1 Å². The number of nitrogens with one attached hydrogen (secondary N) is 1. The Hall–Kier alpha value is -0.0300. The Bertz CT molecular complexity index is 204. The minimum absolute atomic E-state index is 0. The lowest BCUT2D eigenvalue weighted by Gasteiger charge is -2.21. The van der Waals surface area contributed by atoms with E-state index in [0.717, 1.165) is 26.1 Å². The average molecular weight is 302 g/mol. The molecular weight excluding hydrogens is 273 g/mol. The summed E-state index contributed by atoms with van der Waals surface area (Å²) in [6.07, 6.45) is 1.15. The number of nitrogens with two attached hydrogens (primary N) is 1. The number of hydrogen-bond donors (Lipinski definition) is 2. The highest BCUT2D eigenvalue weighted by Crippen LogP contribution is 1.99. The molecule has 0 aromatic rings. The van der Waals surface area contributed by atoms with Crippen LogP contribution in [0.4, 0.5) is 0 Å². The molecule has 0 aliphatic rings. The van der Waals surface area contributed by atoms with E-state index in [9.17, 15) is 4.79 Å². The number of amides is 1. The molecule has 0 saturated heterocycles. The van der Waals surface area contributed by atoms with Gasteiger partial charge in [-0.25, -0.2) is 0 Å². The summed E-state index contributed by atoms with van der Waals surface area (Å²) in [4.78, 5) is 13.9. The summed E-state index contributed by atoms with van der Waals surface area (Å²) in [7, 11) is 0. The van der Waals surface area contributed by atoms with Crippen molar-refractivity contribution in [1.29, 1.82) is 0 Å². The summed E-state index contributed by atoms with van der Waals surface area (Å²) < 4.78 is 0. The van der Waals surface area contributed by atoms with E-state index in [1.807, 2.05) is 13.8 Å². The van der Waals surface area contributed by atoms with Crippen LogP contribution in [0.1, 0.15) is 34.1 Å². The van der Waals surface area contributed by atoms with Gasteiger partial charge in [0, 0.05) is 25.0 Å². The number of carbonyl (C=O) groups excluding carboxylic acids is 1. The number of carbonyl (C=O) groups is 1. The number of likely N-dealkylation sites (N-methyl/N-ethyl adjacent to an activating group) is 1. The zero-order chi connectivity index (χ0) is 12.6. The fraction of sp³-hybridized carbons (Fsp3) is 0.917. The molecule has 1 amide bonds. The van der Waals surface area contributed by atoms with Crippen molar-refractivity contribution in [2.24, 2.45) is 11.7 Å². The molecule has 0 fully saturated rings. The summed E-state index contributed by atoms with van der Waals surface area (Å²) in [5, 5.41) is 2.93. The highest BCUT2D eigenvalue weighted by molar-refractivity contribution is 5.85. The van der Waals surface area contributed by atoms with Crippen LogP contribution < -0.4 is 11.1 Å². The molecule has 6 heteroatoms. The first-order valence-corrected chi connectivity index (χ1v) is 6.28. The first-order chi connectivity index (χ1) is 7.52. The van der Waals surface area contributed by atoms with Gasteiger partial charge in [0.1, 0.15) is 0 Å². The van der Waals surface area contributed by atoms with E-state index < -0.39 is 0 Å². The predicted octanol–water partition coefficient (Wildman–Crippen LogP) is 1.66. The highest BCUT2D eigenvalue weighted by Gasteiger charge is 2.16. The molecule has 0 aliphatic carbocycles. The standard InChI is InChI=1S/C12H27N3O.2ClH/c1-5-8-15(6-2)9-7-14-12(16)10(3)11(4)13;;/h10-11H,5-9,13H2,1-4H3,(H,14,16);2*1H. The molecule has 0 aromatic carbocycles. The number of nitrogens with zero attached hydrogens (tertiary/aromatic N) is 1. The van der Waals surface area contributed by atoms with Crippen LogP contribution in [-0.4, -0.2) is 43.0 Å². The fourth-order valence-corrected chi connectivity index (χ4v) is 1.48. The molecule has 0 radical (unpaired) electrons. The maximum absolute atomic E-state index is 11.6. The molecule has 0 aliphatic heterocycles. The van der Waals surface area contributed by atoms with Gasteiger partial charge in [0.05, 0.1) is 0 Å². The fourth-order valence-electron chi connectivity index (χ4n) is 1.48. The quantitative estimate of drug-likeness (QED) is 0.717. The van der Waals surface area contributed by atoms with Gasteiger partial charge in [-0.1, -0.05) is 20.8 Å². The largest absolute Gasteiger partial charge is 0.355 e. The molecule has 112 valence electrons. The second-order valence-electron chi connectivity index (χ2n) is 4.37. The number of halogens is 2. The van der Waals surface area contributed by atoms with E-state index in [4.69, 9.17) is 5.73 Å². The van der Waals surface area contributed by atoms with Gasteiger partial charge >= 0.3 is 0 Å². The van der Waals surface area contributed by atoms with Crippen LogP contribution in [-0.2, 0) is 4.79 Å². The normalized spacial score (nSPS) is 13.2. The molecule has 0 aromatic heterocycles. The summed E-state index contributed by atoms with van der Waals surface area (Å²) in [6, 6.07) is -0.0853. The van der Waals surface area contributed by atoms with Gasteiger partial charge in [-0.15, -0.1) is 24.8 Å². The molecule has 0 rings (SSSR count). The summed E-state index contributed by atoms with van der Waals surface area (Å²) in [5.41, 5.74) is 5.67. The van der Waals surface area contributed by atoms with Gasteiger partial charge in [0.25, 0.3) is 0 Å². The third-order valence-corrected chi connectivity index (χ3v) is 2.92. The Morgan fingerprint density at radius 2 is 1.78 bits per heavy atom. The van der Waals surface area contributed by atoms with Crippen LogP contribution in [0.25, 0.3) is 0 Å². The molecule has 2 atom stereocenters. The van der Waals surface area contributed by atoms with Crippen LogP contribution in [0.5, 0.6) is 0 Å². The molecule has 0 spiro atoms. The maximum atomic E-state index is 11.6. The lowest BCUT2D eigenvalue weighted by molar-refractivity contribution is -0.124. The Labute approximate surface area is 124 Å². The Balaban J connectivity index is -0.00000112. The minimum atomic E-state index is -0.110. The molecule has 2 unspecified atom stereocenters.